The van der Waals surface area contributed by atoms with Crippen LogP contribution >= 0.6 is 0 Å². The molecule has 0 saturated carbocycles. The van der Waals surface area contributed by atoms with E-state index in [0.717, 1.165) is 38.5 Å². The molecule has 0 aliphatic heterocycles. The van der Waals surface area contributed by atoms with Crippen LogP contribution in [0, 0.1) is 0 Å². The van der Waals surface area contributed by atoms with Crippen molar-refractivity contribution in [3.05, 3.63) is 0 Å². The van der Waals surface area contributed by atoms with Gasteiger partial charge >= 0.3 is 5.97 Å². The molecule has 0 radical (unpaired) electrons. The van der Waals surface area contributed by atoms with E-state index in [1.54, 1.807) is 0 Å². The number of hydrogen-bond acceptors (Lipinski definition) is 5. The number of amides is 1. The first-order valence-corrected chi connectivity index (χ1v) is 36.3. The molecule has 0 aliphatic carbocycles. The highest BCUT2D eigenvalue weighted by Gasteiger charge is 2.20. The first-order chi connectivity index (χ1) is 38.5. The van der Waals surface area contributed by atoms with Gasteiger partial charge in [-0.3, -0.25) is 9.59 Å². The fourth-order valence-corrected chi connectivity index (χ4v) is 11.9. The number of hydrogen-bond donors (Lipinski definition) is 3. The Labute approximate surface area is 489 Å². The molecule has 3 N–H and O–H groups in total. The van der Waals surface area contributed by atoms with Gasteiger partial charge in [-0.1, -0.05) is 386 Å². The van der Waals surface area contributed by atoms with Crippen LogP contribution in [0.15, 0.2) is 0 Å². The summed E-state index contributed by atoms with van der Waals surface area (Å²) in [5.74, 6) is -0.00489. The molecule has 0 rings (SSSR count). The van der Waals surface area contributed by atoms with Crippen molar-refractivity contribution in [1.82, 2.24) is 5.32 Å². The Morgan fingerprint density at radius 3 is 0.782 bits per heavy atom. The second kappa shape index (κ2) is 68.4. The number of rotatable bonds is 69. The fourth-order valence-electron chi connectivity index (χ4n) is 11.9. The molecule has 0 aromatic carbocycles. The number of nitrogens with one attached hydrogen (secondary N) is 1. The van der Waals surface area contributed by atoms with Gasteiger partial charge in [0.25, 0.3) is 0 Å². The van der Waals surface area contributed by atoms with E-state index in [-0.39, 0.29) is 18.5 Å². The van der Waals surface area contributed by atoms with Crippen LogP contribution in [0.3, 0.4) is 0 Å². The van der Waals surface area contributed by atoms with Crippen molar-refractivity contribution < 1.29 is 24.5 Å². The molecule has 0 saturated heterocycles. The third-order valence-electron chi connectivity index (χ3n) is 17.4. The number of ether oxygens (including phenoxy) is 1. The Kier molecular flexibility index (Phi) is 67.4. The largest absolute Gasteiger partial charge is 0.466 e. The second-order valence-electron chi connectivity index (χ2n) is 25.3. The second-order valence-corrected chi connectivity index (χ2v) is 25.3. The lowest BCUT2D eigenvalue weighted by Crippen LogP contribution is -2.45. The van der Waals surface area contributed by atoms with E-state index in [4.69, 9.17) is 4.74 Å². The van der Waals surface area contributed by atoms with Crippen LogP contribution in [0.5, 0.6) is 0 Å². The summed E-state index contributed by atoms with van der Waals surface area (Å²) in [6, 6.07) is -0.539. The number of esters is 1. The van der Waals surface area contributed by atoms with E-state index in [1.165, 1.54) is 353 Å². The van der Waals surface area contributed by atoms with Gasteiger partial charge in [-0.25, -0.2) is 0 Å². The minimum absolute atomic E-state index is 0.0235. The topological polar surface area (TPSA) is 95.9 Å². The minimum atomic E-state index is -0.662. The number of aliphatic hydroxyl groups is 2. The first-order valence-electron chi connectivity index (χ1n) is 36.3. The highest BCUT2D eigenvalue weighted by Crippen LogP contribution is 2.20. The van der Waals surface area contributed by atoms with Gasteiger partial charge in [0.2, 0.25) is 5.91 Å². The number of carbonyl (C=O) groups excluding carboxylic acids is 2. The van der Waals surface area contributed by atoms with E-state index < -0.39 is 12.1 Å². The standard InChI is InChI=1S/C72H143NO5/c1-3-5-7-9-11-13-15-17-19-21-30-34-38-42-46-50-54-58-62-66-72(77)78-67-63-59-55-51-47-43-39-35-32-29-27-25-23-22-24-26-28-31-33-37-41-45-49-53-57-61-65-71(76)73-69(68-74)70(75)64-60-56-52-48-44-40-36-20-18-16-14-12-10-8-6-4-2/h69-70,74-75H,3-68H2,1-2H3,(H,73,76). The van der Waals surface area contributed by atoms with Gasteiger partial charge in [0, 0.05) is 12.8 Å². The third-order valence-corrected chi connectivity index (χ3v) is 17.4. The van der Waals surface area contributed by atoms with Gasteiger partial charge in [-0.15, -0.1) is 0 Å². The Hall–Kier alpha value is -1.14. The third kappa shape index (κ3) is 64.0. The van der Waals surface area contributed by atoms with Gasteiger partial charge in [0.15, 0.2) is 0 Å². The van der Waals surface area contributed by atoms with E-state index >= 15 is 0 Å². The van der Waals surface area contributed by atoms with E-state index in [2.05, 4.69) is 19.2 Å². The van der Waals surface area contributed by atoms with Crippen molar-refractivity contribution in [3.63, 3.8) is 0 Å². The molecule has 0 spiro atoms. The van der Waals surface area contributed by atoms with Crippen molar-refractivity contribution in [2.75, 3.05) is 13.2 Å². The summed E-state index contributed by atoms with van der Waals surface area (Å²) in [4.78, 5) is 24.6. The summed E-state index contributed by atoms with van der Waals surface area (Å²) < 4.78 is 5.52. The quantitative estimate of drug-likeness (QED) is 0.0417. The molecule has 0 heterocycles. The smallest absolute Gasteiger partial charge is 0.305 e. The molecule has 78 heavy (non-hydrogen) atoms. The zero-order valence-electron chi connectivity index (χ0n) is 53.4. The molecule has 0 aromatic heterocycles. The summed E-state index contributed by atoms with van der Waals surface area (Å²) >= 11 is 0. The van der Waals surface area contributed by atoms with E-state index in [9.17, 15) is 19.8 Å². The van der Waals surface area contributed by atoms with Crippen molar-refractivity contribution in [2.24, 2.45) is 0 Å². The lowest BCUT2D eigenvalue weighted by atomic mass is 10.0. The highest BCUT2D eigenvalue weighted by molar-refractivity contribution is 5.76. The predicted molar refractivity (Wildman–Crippen MR) is 343 cm³/mol. The molecule has 6 heteroatoms. The van der Waals surface area contributed by atoms with Crippen LogP contribution < -0.4 is 5.32 Å². The Morgan fingerprint density at radius 1 is 0.308 bits per heavy atom. The van der Waals surface area contributed by atoms with Crippen molar-refractivity contribution in [1.29, 1.82) is 0 Å². The molecular weight excluding hydrogens is 959 g/mol. The first kappa shape index (κ1) is 76.9. The molecule has 0 bridgehead atoms. The zero-order valence-corrected chi connectivity index (χ0v) is 53.4. The van der Waals surface area contributed by atoms with Crippen molar-refractivity contribution in [2.45, 2.75) is 437 Å². The maximum Gasteiger partial charge on any atom is 0.305 e. The maximum absolute atomic E-state index is 12.5. The summed E-state index contributed by atoms with van der Waals surface area (Å²) in [7, 11) is 0. The Morgan fingerprint density at radius 2 is 0.526 bits per heavy atom. The zero-order chi connectivity index (χ0) is 56.4. The van der Waals surface area contributed by atoms with Gasteiger partial charge < -0.3 is 20.3 Å². The average Bonchev–Trinajstić information content (AvgIpc) is 3.44. The molecule has 2 atom stereocenters. The van der Waals surface area contributed by atoms with Gasteiger partial charge in [0.05, 0.1) is 25.4 Å². The van der Waals surface area contributed by atoms with Crippen LogP contribution in [-0.2, 0) is 14.3 Å². The maximum atomic E-state index is 12.5. The predicted octanol–water partition coefficient (Wildman–Crippen LogP) is 23.4. The average molecular weight is 1100 g/mol. The Balaban J connectivity index is 3.32. The summed E-state index contributed by atoms with van der Waals surface area (Å²) in [6.07, 6.45) is 83.0. The van der Waals surface area contributed by atoms with Crippen molar-refractivity contribution in [3.8, 4) is 0 Å². The molecule has 466 valence electrons. The molecule has 0 aliphatic rings. The molecule has 6 nitrogen and oxygen atoms in total. The number of unbranched alkanes of at least 4 members (excludes halogenated alkanes) is 58. The summed E-state index contributed by atoms with van der Waals surface area (Å²) in [6.45, 7) is 5.01. The van der Waals surface area contributed by atoms with Crippen LogP contribution in [0.25, 0.3) is 0 Å². The minimum Gasteiger partial charge on any atom is -0.466 e. The molecule has 1 amide bonds. The lowest BCUT2D eigenvalue weighted by Gasteiger charge is -2.22. The SMILES string of the molecule is CCCCCCCCCCCCCCCCCCCCCC(=O)OCCCCCCCCCCCCCCCCCCCCCCCCCCCCC(=O)NC(CO)C(O)CCCCCCCCCCCCCCCCCC. The van der Waals surface area contributed by atoms with E-state index in [1.807, 2.05) is 0 Å². The normalized spacial score (nSPS) is 12.4. The monoisotopic (exact) mass is 1100 g/mol. The van der Waals surface area contributed by atoms with Gasteiger partial charge in [-0.2, -0.15) is 0 Å². The molecular formula is C72H143NO5. The van der Waals surface area contributed by atoms with Crippen LogP contribution in [0.4, 0.5) is 0 Å². The molecule has 2 unspecified atom stereocenters. The highest BCUT2D eigenvalue weighted by atomic mass is 16.5. The van der Waals surface area contributed by atoms with Gasteiger partial charge in [-0.05, 0) is 25.7 Å². The van der Waals surface area contributed by atoms with Crippen LogP contribution in [-0.4, -0.2) is 47.4 Å². The van der Waals surface area contributed by atoms with Gasteiger partial charge in [0.1, 0.15) is 0 Å². The van der Waals surface area contributed by atoms with E-state index in [0.29, 0.717) is 25.9 Å². The van der Waals surface area contributed by atoms with Crippen molar-refractivity contribution >= 4 is 11.9 Å². The Bertz CT molecular complexity index is 1130. The summed E-state index contributed by atoms with van der Waals surface area (Å²) in [5, 5.41) is 23.4. The fraction of sp³-hybridized carbons (Fsp3) is 0.972. The molecule has 0 aromatic rings. The number of carbonyl (C=O) groups is 2. The number of aliphatic hydroxyl groups excluding tert-OH is 2. The summed E-state index contributed by atoms with van der Waals surface area (Å²) in [5.41, 5.74) is 0. The lowest BCUT2D eigenvalue weighted by molar-refractivity contribution is -0.143. The van der Waals surface area contributed by atoms with Crippen LogP contribution in [0.1, 0.15) is 425 Å². The molecule has 0 fully saturated rings. The van der Waals surface area contributed by atoms with Crippen LogP contribution in [0.2, 0.25) is 0 Å².